The van der Waals surface area contributed by atoms with Gasteiger partial charge in [-0.05, 0) is 20.0 Å². The molecule has 0 aromatic carbocycles. The summed E-state index contributed by atoms with van der Waals surface area (Å²) in [6.07, 6.45) is 5.18. The fraction of sp³-hybridized carbons (Fsp3) is 0.786. The number of ether oxygens (including phenoxy) is 1. The van der Waals surface area contributed by atoms with E-state index in [9.17, 15) is 0 Å². The van der Waals surface area contributed by atoms with Crippen LogP contribution in [-0.2, 0) is 16.7 Å². The van der Waals surface area contributed by atoms with Crippen molar-refractivity contribution in [2.45, 2.75) is 25.3 Å². The second kappa shape index (κ2) is 6.50. The van der Waals surface area contributed by atoms with Crippen LogP contribution in [0.4, 0.5) is 0 Å². The summed E-state index contributed by atoms with van der Waals surface area (Å²) in [4.78, 5) is 6.64. The Balaban J connectivity index is 1.92. The molecular formula is C14H26N4O. The highest BCUT2D eigenvalue weighted by Gasteiger charge is 2.33. The van der Waals surface area contributed by atoms with Gasteiger partial charge in [0.2, 0.25) is 0 Å². The zero-order chi connectivity index (χ0) is 13.7. The van der Waals surface area contributed by atoms with Gasteiger partial charge in [-0.3, -0.25) is 0 Å². The van der Waals surface area contributed by atoms with Crippen LogP contribution in [0.3, 0.4) is 0 Å². The first-order chi connectivity index (χ1) is 9.15. The molecule has 1 aliphatic heterocycles. The molecule has 1 aliphatic rings. The predicted octanol–water partition coefficient (Wildman–Crippen LogP) is 0.712. The molecule has 5 nitrogen and oxygen atoms in total. The largest absolute Gasteiger partial charge is 0.383 e. The average Bonchev–Trinajstić information content (AvgIpc) is 3.03. The molecule has 0 amide bonds. The number of rotatable bonds is 7. The minimum Gasteiger partial charge on any atom is -0.383 e. The minimum atomic E-state index is 0.238. The van der Waals surface area contributed by atoms with Crippen LogP contribution in [0.15, 0.2) is 12.5 Å². The highest BCUT2D eigenvalue weighted by atomic mass is 16.5. The van der Waals surface area contributed by atoms with Crippen LogP contribution in [0.2, 0.25) is 0 Å². The minimum absolute atomic E-state index is 0.238. The predicted molar refractivity (Wildman–Crippen MR) is 76.4 cm³/mol. The van der Waals surface area contributed by atoms with Crippen molar-refractivity contribution < 1.29 is 4.74 Å². The Morgan fingerprint density at radius 3 is 3.05 bits per heavy atom. The molecule has 0 bridgehead atoms. The number of hydrogen-bond donors (Lipinski definition) is 1. The Kier molecular flexibility index (Phi) is 4.96. The lowest BCUT2D eigenvalue weighted by atomic mass is 9.86. The van der Waals surface area contributed by atoms with Gasteiger partial charge in [-0.25, -0.2) is 4.98 Å². The van der Waals surface area contributed by atoms with Gasteiger partial charge in [-0.2, -0.15) is 0 Å². The summed E-state index contributed by atoms with van der Waals surface area (Å²) >= 11 is 0. The van der Waals surface area contributed by atoms with Crippen LogP contribution in [0.25, 0.3) is 0 Å². The van der Waals surface area contributed by atoms with E-state index in [-0.39, 0.29) is 5.41 Å². The molecule has 2 heterocycles. The monoisotopic (exact) mass is 266 g/mol. The number of methoxy groups -OCH3 is 1. The van der Waals surface area contributed by atoms with Gasteiger partial charge in [0.15, 0.2) is 0 Å². The first-order valence-electron chi connectivity index (χ1n) is 7.04. The summed E-state index contributed by atoms with van der Waals surface area (Å²) < 4.78 is 7.40. The van der Waals surface area contributed by atoms with Gasteiger partial charge in [-0.1, -0.05) is 6.92 Å². The third kappa shape index (κ3) is 3.55. The number of aromatic nitrogens is 2. The molecule has 108 valence electrons. The summed E-state index contributed by atoms with van der Waals surface area (Å²) in [6.45, 7) is 8.26. The SMILES string of the molecule is COCCN(C)CCn1cncc1C1(C)CCNC1. The smallest absolute Gasteiger partial charge is 0.0948 e. The van der Waals surface area contributed by atoms with Crippen LogP contribution in [0.5, 0.6) is 0 Å². The standard InChI is InChI=1S/C14H26N4O/c1-14(4-5-15-11-14)13-10-16-12-18(13)7-6-17(2)8-9-19-3/h10,12,15H,4-9,11H2,1-3H3. The molecule has 1 aromatic rings. The third-order valence-corrected chi connectivity index (χ3v) is 4.10. The van der Waals surface area contributed by atoms with Crippen LogP contribution >= 0.6 is 0 Å². The van der Waals surface area contributed by atoms with E-state index in [2.05, 4.69) is 33.7 Å². The van der Waals surface area contributed by atoms with Crippen molar-refractivity contribution in [3.05, 3.63) is 18.2 Å². The first-order valence-corrected chi connectivity index (χ1v) is 7.04. The van der Waals surface area contributed by atoms with Crippen LogP contribution in [0.1, 0.15) is 19.0 Å². The van der Waals surface area contributed by atoms with E-state index in [1.807, 2.05) is 12.5 Å². The lowest BCUT2D eigenvalue weighted by Crippen LogP contribution is -2.31. The second-order valence-corrected chi connectivity index (χ2v) is 5.76. The molecule has 1 atom stereocenters. The van der Waals surface area contributed by atoms with Crippen molar-refractivity contribution in [3.63, 3.8) is 0 Å². The van der Waals surface area contributed by atoms with Gasteiger partial charge in [0.1, 0.15) is 0 Å². The van der Waals surface area contributed by atoms with E-state index in [4.69, 9.17) is 4.74 Å². The van der Waals surface area contributed by atoms with Crippen LogP contribution in [0, 0.1) is 0 Å². The summed E-state index contributed by atoms with van der Waals surface area (Å²) in [6, 6.07) is 0. The normalized spacial score (nSPS) is 23.4. The zero-order valence-electron chi connectivity index (χ0n) is 12.4. The number of nitrogens with zero attached hydrogens (tertiary/aromatic N) is 3. The highest BCUT2D eigenvalue weighted by Crippen LogP contribution is 2.29. The van der Waals surface area contributed by atoms with Crippen molar-refractivity contribution in [1.29, 1.82) is 0 Å². The highest BCUT2D eigenvalue weighted by molar-refractivity contribution is 5.17. The molecule has 0 radical (unpaired) electrons. The maximum atomic E-state index is 5.10. The Morgan fingerprint density at radius 2 is 2.37 bits per heavy atom. The van der Waals surface area contributed by atoms with Crippen molar-refractivity contribution in [1.82, 2.24) is 19.8 Å². The Labute approximate surface area is 116 Å². The molecule has 0 spiro atoms. The van der Waals surface area contributed by atoms with E-state index >= 15 is 0 Å². The van der Waals surface area contributed by atoms with Gasteiger partial charge >= 0.3 is 0 Å². The maximum Gasteiger partial charge on any atom is 0.0948 e. The molecule has 1 unspecified atom stereocenters. The molecule has 1 fully saturated rings. The molecule has 0 aliphatic carbocycles. The number of hydrogen-bond acceptors (Lipinski definition) is 4. The van der Waals surface area contributed by atoms with Gasteiger partial charge < -0.3 is 19.5 Å². The molecule has 1 saturated heterocycles. The van der Waals surface area contributed by atoms with E-state index in [1.165, 1.54) is 12.1 Å². The molecule has 1 aromatic heterocycles. The molecular weight excluding hydrogens is 240 g/mol. The quantitative estimate of drug-likeness (QED) is 0.789. The van der Waals surface area contributed by atoms with Crippen molar-refractivity contribution in [2.24, 2.45) is 0 Å². The Hall–Kier alpha value is -0.910. The van der Waals surface area contributed by atoms with Gasteiger partial charge in [0, 0.05) is 50.6 Å². The van der Waals surface area contributed by atoms with Crippen molar-refractivity contribution in [2.75, 3.05) is 46.9 Å². The second-order valence-electron chi connectivity index (χ2n) is 5.76. The summed E-state index contributed by atoms with van der Waals surface area (Å²) in [7, 11) is 3.88. The summed E-state index contributed by atoms with van der Waals surface area (Å²) in [5, 5.41) is 3.45. The fourth-order valence-corrected chi connectivity index (χ4v) is 2.67. The van der Waals surface area contributed by atoms with Gasteiger partial charge in [0.05, 0.1) is 12.9 Å². The van der Waals surface area contributed by atoms with Gasteiger partial charge in [0.25, 0.3) is 0 Å². The van der Waals surface area contributed by atoms with Crippen LogP contribution in [-0.4, -0.2) is 61.4 Å². The van der Waals surface area contributed by atoms with E-state index < -0.39 is 0 Å². The van der Waals surface area contributed by atoms with E-state index in [0.717, 1.165) is 39.3 Å². The lowest BCUT2D eigenvalue weighted by Gasteiger charge is -2.25. The van der Waals surface area contributed by atoms with Crippen molar-refractivity contribution >= 4 is 0 Å². The molecule has 2 rings (SSSR count). The molecule has 5 heteroatoms. The average molecular weight is 266 g/mol. The summed E-state index contributed by atoms with van der Waals surface area (Å²) in [5.41, 5.74) is 1.60. The van der Waals surface area contributed by atoms with Crippen LogP contribution < -0.4 is 5.32 Å². The van der Waals surface area contributed by atoms with Gasteiger partial charge in [-0.15, -0.1) is 0 Å². The fourth-order valence-electron chi connectivity index (χ4n) is 2.67. The third-order valence-electron chi connectivity index (χ3n) is 4.10. The topological polar surface area (TPSA) is 42.3 Å². The summed E-state index contributed by atoms with van der Waals surface area (Å²) in [5.74, 6) is 0. The lowest BCUT2D eigenvalue weighted by molar-refractivity contribution is 0.159. The maximum absolute atomic E-state index is 5.10. The van der Waals surface area contributed by atoms with E-state index in [0.29, 0.717) is 0 Å². The van der Waals surface area contributed by atoms with E-state index in [1.54, 1.807) is 7.11 Å². The molecule has 0 saturated carbocycles. The van der Waals surface area contributed by atoms with Crippen molar-refractivity contribution in [3.8, 4) is 0 Å². The first kappa shape index (κ1) is 14.5. The number of imidazole rings is 1. The molecule has 1 N–H and O–H groups in total. The number of likely N-dealkylation sites (N-methyl/N-ethyl adjacent to an activating group) is 1. The Morgan fingerprint density at radius 1 is 1.53 bits per heavy atom. The number of nitrogens with one attached hydrogen (secondary N) is 1. The Bertz CT molecular complexity index is 385. The zero-order valence-corrected chi connectivity index (χ0v) is 12.4. The molecule has 19 heavy (non-hydrogen) atoms.